The van der Waals surface area contributed by atoms with Crippen LogP contribution in [0.1, 0.15) is 39.2 Å². The number of nitrogens with one attached hydrogen (secondary N) is 1. The SMILES string of the molecule is COc1ccccc1N(CCCC(=O)N(Cc1c(Cl)cccc1Cl)[C@@H](C)C(=O)NC(C)C)S(C)(=O)=O. The molecule has 0 saturated heterocycles. The maximum absolute atomic E-state index is 13.4. The number of hydrogen-bond donors (Lipinski definition) is 1. The molecule has 0 unspecified atom stereocenters. The Bertz CT molecular complexity index is 1150. The first kappa shape index (κ1) is 29.7. The highest BCUT2D eigenvalue weighted by atomic mass is 35.5. The molecule has 2 rings (SSSR count). The summed E-state index contributed by atoms with van der Waals surface area (Å²) in [5, 5.41) is 3.59. The van der Waals surface area contributed by atoms with Gasteiger partial charge in [-0.3, -0.25) is 13.9 Å². The van der Waals surface area contributed by atoms with E-state index < -0.39 is 16.1 Å². The van der Waals surface area contributed by atoms with Crippen molar-refractivity contribution < 1.29 is 22.7 Å². The predicted octanol–water partition coefficient (Wildman–Crippen LogP) is 4.49. The molecule has 8 nitrogen and oxygen atoms in total. The summed E-state index contributed by atoms with van der Waals surface area (Å²) < 4.78 is 31.6. The van der Waals surface area contributed by atoms with Crippen LogP contribution in [0.15, 0.2) is 42.5 Å². The molecule has 0 bridgehead atoms. The van der Waals surface area contributed by atoms with E-state index in [1.165, 1.54) is 16.3 Å². The van der Waals surface area contributed by atoms with Crippen LogP contribution in [0, 0.1) is 0 Å². The Kier molecular flexibility index (Phi) is 10.9. The van der Waals surface area contributed by atoms with Crippen molar-refractivity contribution in [1.82, 2.24) is 10.2 Å². The fourth-order valence-corrected chi connectivity index (χ4v) is 5.15. The van der Waals surface area contributed by atoms with Crippen LogP contribution in [0.3, 0.4) is 0 Å². The lowest BCUT2D eigenvalue weighted by Gasteiger charge is -2.30. The molecule has 2 amide bonds. The highest BCUT2D eigenvalue weighted by molar-refractivity contribution is 7.92. The summed E-state index contributed by atoms with van der Waals surface area (Å²) in [6, 6.07) is 10.9. The largest absolute Gasteiger partial charge is 0.495 e. The van der Waals surface area contributed by atoms with Gasteiger partial charge in [-0.1, -0.05) is 41.4 Å². The average molecular weight is 559 g/mol. The third-order valence-electron chi connectivity index (χ3n) is 5.49. The first-order valence-corrected chi connectivity index (χ1v) is 14.1. The molecule has 2 aromatic carbocycles. The Labute approximate surface area is 223 Å². The van der Waals surface area contributed by atoms with Crippen LogP contribution in [-0.2, 0) is 26.2 Å². The molecule has 1 N–H and O–H groups in total. The van der Waals surface area contributed by atoms with Gasteiger partial charge in [0.05, 0.1) is 19.1 Å². The van der Waals surface area contributed by atoms with Gasteiger partial charge < -0.3 is 15.0 Å². The minimum absolute atomic E-state index is 0.00252. The molecule has 0 fully saturated rings. The van der Waals surface area contributed by atoms with Crippen molar-refractivity contribution in [3.8, 4) is 5.75 Å². The number of benzene rings is 2. The van der Waals surface area contributed by atoms with Gasteiger partial charge in [0.1, 0.15) is 11.8 Å². The van der Waals surface area contributed by atoms with Crippen molar-refractivity contribution in [2.45, 2.75) is 52.2 Å². The van der Waals surface area contributed by atoms with E-state index in [0.29, 0.717) is 27.0 Å². The number of para-hydroxylation sites is 2. The zero-order valence-corrected chi connectivity index (χ0v) is 23.5. The summed E-state index contributed by atoms with van der Waals surface area (Å²) in [7, 11) is -2.18. The van der Waals surface area contributed by atoms with Gasteiger partial charge in [0.15, 0.2) is 0 Å². The second kappa shape index (κ2) is 13.2. The lowest BCUT2D eigenvalue weighted by atomic mass is 10.1. The van der Waals surface area contributed by atoms with Gasteiger partial charge in [-0.2, -0.15) is 0 Å². The zero-order valence-electron chi connectivity index (χ0n) is 21.1. The van der Waals surface area contributed by atoms with Crippen molar-refractivity contribution in [3.63, 3.8) is 0 Å². The smallest absolute Gasteiger partial charge is 0.242 e. The summed E-state index contributed by atoms with van der Waals surface area (Å²) in [4.78, 5) is 27.5. The van der Waals surface area contributed by atoms with E-state index in [-0.39, 0.29) is 43.8 Å². The number of rotatable bonds is 12. The first-order chi connectivity index (χ1) is 16.9. The van der Waals surface area contributed by atoms with Crippen LogP contribution in [0.4, 0.5) is 5.69 Å². The maximum Gasteiger partial charge on any atom is 0.242 e. The van der Waals surface area contributed by atoms with Gasteiger partial charge in [-0.25, -0.2) is 8.42 Å². The number of anilines is 1. The molecular weight excluding hydrogens is 525 g/mol. The molecule has 0 radical (unpaired) electrons. The lowest BCUT2D eigenvalue weighted by molar-refractivity contribution is -0.140. The molecule has 0 spiro atoms. The lowest BCUT2D eigenvalue weighted by Crippen LogP contribution is -2.49. The van der Waals surface area contributed by atoms with Crippen molar-refractivity contribution in [2.24, 2.45) is 0 Å². The maximum atomic E-state index is 13.4. The van der Waals surface area contributed by atoms with Gasteiger partial charge in [0, 0.05) is 41.2 Å². The summed E-state index contributed by atoms with van der Waals surface area (Å²) in [5.41, 5.74) is 0.921. The van der Waals surface area contributed by atoms with Crippen LogP contribution in [0.2, 0.25) is 10.0 Å². The second-order valence-electron chi connectivity index (χ2n) is 8.67. The number of amides is 2. The molecule has 11 heteroatoms. The Balaban J connectivity index is 2.25. The third-order valence-corrected chi connectivity index (χ3v) is 7.38. The molecule has 2 aromatic rings. The minimum atomic E-state index is -3.64. The quantitative estimate of drug-likeness (QED) is 0.414. The summed E-state index contributed by atoms with van der Waals surface area (Å²) >= 11 is 12.7. The normalized spacial score (nSPS) is 12.2. The molecule has 0 saturated carbocycles. The highest BCUT2D eigenvalue weighted by Gasteiger charge is 2.28. The van der Waals surface area contributed by atoms with Crippen LogP contribution in [0.5, 0.6) is 5.75 Å². The number of methoxy groups -OCH3 is 1. The highest BCUT2D eigenvalue weighted by Crippen LogP contribution is 2.30. The summed E-state index contributed by atoms with van der Waals surface area (Å²) in [6.07, 6.45) is 1.32. The Hall–Kier alpha value is -2.49. The molecule has 0 heterocycles. The molecule has 0 aromatic heterocycles. The summed E-state index contributed by atoms with van der Waals surface area (Å²) in [6.45, 7) is 5.39. The monoisotopic (exact) mass is 557 g/mol. The van der Waals surface area contributed by atoms with E-state index in [0.717, 1.165) is 6.26 Å². The predicted molar refractivity (Wildman–Crippen MR) is 144 cm³/mol. The topological polar surface area (TPSA) is 96.0 Å². The number of ether oxygens (including phenoxy) is 1. The van der Waals surface area contributed by atoms with Crippen molar-refractivity contribution in [1.29, 1.82) is 0 Å². The van der Waals surface area contributed by atoms with Gasteiger partial charge in [-0.05, 0) is 51.5 Å². The van der Waals surface area contributed by atoms with Gasteiger partial charge >= 0.3 is 0 Å². The molecular formula is C25H33Cl2N3O5S. The Morgan fingerprint density at radius 3 is 2.19 bits per heavy atom. The van der Waals surface area contributed by atoms with Crippen molar-refractivity contribution >= 4 is 50.7 Å². The number of hydrogen-bond acceptors (Lipinski definition) is 5. The Morgan fingerprint density at radius 1 is 1.03 bits per heavy atom. The van der Waals surface area contributed by atoms with E-state index >= 15 is 0 Å². The minimum Gasteiger partial charge on any atom is -0.495 e. The van der Waals surface area contributed by atoms with Crippen LogP contribution in [0.25, 0.3) is 0 Å². The molecule has 0 aliphatic rings. The molecule has 0 aliphatic carbocycles. The number of carbonyl (C=O) groups excluding carboxylic acids is 2. The standard InChI is InChI=1S/C25H33Cl2N3O5S/c1-17(2)28-25(32)18(3)29(16-19-20(26)10-8-11-21(19)27)24(31)14-9-15-30(36(5,33)34)22-12-6-7-13-23(22)35-4/h6-8,10-13,17-18H,9,14-16H2,1-5H3,(H,28,32)/t18-/m0/s1. The van der Waals surface area contributed by atoms with E-state index in [2.05, 4.69) is 5.32 Å². The van der Waals surface area contributed by atoms with Crippen LogP contribution in [-0.4, -0.2) is 57.1 Å². The first-order valence-electron chi connectivity index (χ1n) is 11.5. The van der Waals surface area contributed by atoms with Crippen LogP contribution >= 0.6 is 23.2 Å². The second-order valence-corrected chi connectivity index (χ2v) is 11.4. The van der Waals surface area contributed by atoms with Crippen molar-refractivity contribution in [3.05, 3.63) is 58.1 Å². The van der Waals surface area contributed by atoms with Gasteiger partial charge in [0.25, 0.3) is 0 Å². The molecule has 0 aliphatic heterocycles. The number of nitrogens with zero attached hydrogens (tertiary/aromatic N) is 2. The average Bonchev–Trinajstić information content (AvgIpc) is 2.80. The molecule has 198 valence electrons. The Morgan fingerprint density at radius 2 is 1.64 bits per heavy atom. The van der Waals surface area contributed by atoms with E-state index in [1.807, 2.05) is 13.8 Å². The van der Waals surface area contributed by atoms with E-state index in [1.54, 1.807) is 49.4 Å². The fraction of sp³-hybridized carbons (Fsp3) is 0.440. The number of halogens is 2. The third kappa shape index (κ3) is 8.01. The van der Waals surface area contributed by atoms with Gasteiger partial charge in [-0.15, -0.1) is 0 Å². The molecule has 36 heavy (non-hydrogen) atoms. The fourth-order valence-electron chi connectivity index (χ4n) is 3.66. The molecule has 1 atom stereocenters. The van der Waals surface area contributed by atoms with E-state index in [4.69, 9.17) is 27.9 Å². The van der Waals surface area contributed by atoms with Gasteiger partial charge in [0.2, 0.25) is 21.8 Å². The number of sulfonamides is 1. The van der Waals surface area contributed by atoms with E-state index in [9.17, 15) is 18.0 Å². The van der Waals surface area contributed by atoms with Crippen LogP contribution < -0.4 is 14.4 Å². The number of carbonyl (C=O) groups is 2. The summed E-state index contributed by atoms with van der Waals surface area (Å²) in [5.74, 6) is -0.234. The van der Waals surface area contributed by atoms with Crippen molar-refractivity contribution in [2.75, 3.05) is 24.2 Å². The zero-order chi connectivity index (χ0) is 27.0.